The standard InChI is InChI=1S/C14H26N4O3/c1-16(2)9-10-17-7-4-14(5-8-17)12(20)18(6-3-11-19)13(21)15-14/h19H,3-11H2,1-2H3,(H,15,21). The van der Waals surface area contributed by atoms with Gasteiger partial charge in [0.05, 0.1) is 0 Å². The Hall–Kier alpha value is -1.18. The number of likely N-dealkylation sites (tertiary alicyclic amines) is 1. The SMILES string of the molecule is CN(C)CCN1CCC2(CC1)NC(=O)N(CCCO)C2=O. The van der Waals surface area contributed by atoms with Gasteiger partial charge in [0.1, 0.15) is 5.54 Å². The van der Waals surface area contributed by atoms with E-state index in [1.165, 1.54) is 4.90 Å². The van der Waals surface area contributed by atoms with Crippen LogP contribution in [0.25, 0.3) is 0 Å². The number of piperidine rings is 1. The molecule has 2 heterocycles. The second kappa shape index (κ2) is 6.72. The molecule has 2 aliphatic heterocycles. The molecule has 2 fully saturated rings. The van der Waals surface area contributed by atoms with Crippen molar-refractivity contribution in [2.75, 3.05) is 53.4 Å². The lowest BCUT2D eigenvalue weighted by molar-refractivity contribution is -0.133. The highest BCUT2D eigenvalue weighted by atomic mass is 16.3. The molecule has 0 atom stereocenters. The molecule has 21 heavy (non-hydrogen) atoms. The Labute approximate surface area is 125 Å². The van der Waals surface area contributed by atoms with Crippen molar-refractivity contribution in [2.24, 2.45) is 0 Å². The van der Waals surface area contributed by atoms with Crippen molar-refractivity contribution in [2.45, 2.75) is 24.8 Å². The van der Waals surface area contributed by atoms with Gasteiger partial charge in [-0.15, -0.1) is 0 Å². The molecule has 7 heteroatoms. The molecular weight excluding hydrogens is 272 g/mol. The number of aliphatic hydroxyl groups excluding tert-OH is 1. The molecule has 0 aromatic heterocycles. The number of carbonyl (C=O) groups is 2. The van der Waals surface area contributed by atoms with E-state index in [1.807, 2.05) is 14.1 Å². The maximum Gasteiger partial charge on any atom is 0.325 e. The van der Waals surface area contributed by atoms with Crippen LogP contribution in [0.5, 0.6) is 0 Å². The normalized spacial score (nSPS) is 22.4. The summed E-state index contributed by atoms with van der Waals surface area (Å²) in [7, 11) is 4.09. The Balaban J connectivity index is 1.90. The smallest absolute Gasteiger partial charge is 0.325 e. The van der Waals surface area contributed by atoms with Gasteiger partial charge in [0, 0.05) is 39.3 Å². The monoisotopic (exact) mass is 298 g/mol. The fourth-order valence-corrected chi connectivity index (χ4v) is 2.95. The largest absolute Gasteiger partial charge is 0.396 e. The van der Waals surface area contributed by atoms with Crippen LogP contribution in [0.3, 0.4) is 0 Å². The van der Waals surface area contributed by atoms with Gasteiger partial charge in [-0.1, -0.05) is 0 Å². The van der Waals surface area contributed by atoms with E-state index in [0.717, 1.165) is 26.2 Å². The van der Waals surface area contributed by atoms with Crippen LogP contribution in [-0.4, -0.2) is 90.7 Å². The third kappa shape index (κ3) is 3.53. The van der Waals surface area contributed by atoms with Gasteiger partial charge in [-0.2, -0.15) is 0 Å². The van der Waals surface area contributed by atoms with Crippen molar-refractivity contribution in [1.82, 2.24) is 20.0 Å². The van der Waals surface area contributed by atoms with Gasteiger partial charge in [-0.05, 0) is 33.4 Å². The molecular formula is C14H26N4O3. The van der Waals surface area contributed by atoms with Gasteiger partial charge in [0.15, 0.2) is 0 Å². The Kier molecular flexibility index (Phi) is 5.18. The van der Waals surface area contributed by atoms with Gasteiger partial charge >= 0.3 is 6.03 Å². The lowest BCUT2D eigenvalue weighted by atomic mass is 9.87. The number of hydrogen-bond acceptors (Lipinski definition) is 5. The van der Waals surface area contributed by atoms with E-state index in [1.54, 1.807) is 0 Å². The van der Waals surface area contributed by atoms with E-state index in [9.17, 15) is 9.59 Å². The number of nitrogens with zero attached hydrogens (tertiary/aromatic N) is 3. The van der Waals surface area contributed by atoms with Crippen molar-refractivity contribution in [3.8, 4) is 0 Å². The summed E-state index contributed by atoms with van der Waals surface area (Å²) < 4.78 is 0. The number of aliphatic hydroxyl groups is 1. The molecule has 2 aliphatic rings. The summed E-state index contributed by atoms with van der Waals surface area (Å²) in [6.07, 6.45) is 1.77. The van der Waals surface area contributed by atoms with E-state index >= 15 is 0 Å². The fraction of sp³-hybridized carbons (Fsp3) is 0.857. The van der Waals surface area contributed by atoms with Crippen molar-refractivity contribution >= 4 is 11.9 Å². The van der Waals surface area contributed by atoms with Gasteiger partial charge in [-0.25, -0.2) is 4.79 Å². The van der Waals surface area contributed by atoms with E-state index in [4.69, 9.17) is 5.11 Å². The first kappa shape index (κ1) is 16.2. The maximum absolute atomic E-state index is 12.5. The third-order valence-electron chi connectivity index (χ3n) is 4.36. The molecule has 1 spiro atoms. The zero-order valence-electron chi connectivity index (χ0n) is 13.0. The van der Waals surface area contributed by atoms with Crippen LogP contribution in [0.2, 0.25) is 0 Å². The number of hydrogen-bond donors (Lipinski definition) is 2. The quantitative estimate of drug-likeness (QED) is 0.635. The summed E-state index contributed by atoms with van der Waals surface area (Å²) in [5.74, 6) is -0.117. The third-order valence-corrected chi connectivity index (χ3v) is 4.36. The van der Waals surface area contributed by atoms with Crippen LogP contribution in [-0.2, 0) is 4.79 Å². The number of likely N-dealkylation sites (N-methyl/N-ethyl adjacent to an activating group) is 1. The van der Waals surface area contributed by atoms with Crippen LogP contribution < -0.4 is 5.32 Å². The molecule has 2 rings (SSSR count). The second-order valence-corrected chi connectivity index (χ2v) is 6.19. The second-order valence-electron chi connectivity index (χ2n) is 6.19. The molecule has 0 radical (unpaired) electrons. The summed E-state index contributed by atoms with van der Waals surface area (Å²) in [5.41, 5.74) is -0.707. The highest BCUT2D eigenvalue weighted by Gasteiger charge is 2.51. The van der Waals surface area contributed by atoms with Crippen LogP contribution in [0.1, 0.15) is 19.3 Å². The summed E-state index contributed by atoms with van der Waals surface area (Å²) in [4.78, 5) is 30.2. The molecule has 0 aromatic rings. The molecule has 7 nitrogen and oxygen atoms in total. The van der Waals surface area contributed by atoms with Crippen molar-refractivity contribution in [3.05, 3.63) is 0 Å². The highest BCUT2D eigenvalue weighted by Crippen LogP contribution is 2.29. The molecule has 0 aliphatic carbocycles. The van der Waals surface area contributed by atoms with Crippen molar-refractivity contribution < 1.29 is 14.7 Å². The first-order chi connectivity index (χ1) is 9.98. The zero-order valence-corrected chi connectivity index (χ0v) is 13.0. The number of carbonyl (C=O) groups excluding carboxylic acids is 2. The Morgan fingerprint density at radius 1 is 1.24 bits per heavy atom. The van der Waals surface area contributed by atoms with Gasteiger partial charge < -0.3 is 20.2 Å². The minimum absolute atomic E-state index is 0.0115. The zero-order chi connectivity index (χ0) is 15.5. The van der Waals surface area contributed by atoms with E-state index in [-0.39, 0.29) is 18.5 Å². The lowest BCUT2D eigenvalue weighted by Gasteiger charge is -2.37. The van der Waals surface area contributed by atoms with Crippen LogP contribution in [0.15, 0.2) is 0 Å². The molecule has 0 saturated carbocycles. The topological polar surface area (TPSA) is 76.1 Å². The first-order valence-corrected chi connectivity index (χ1v) is 7.60. The minimum Gasteiger partial charge on any atom is -0.396 e. The average molecular weight is 298 g/mol. The van der Waals surface area contributed by atoms with E-state index < -0.39 is 5.54 Å². The van der Waals surface area contributed by atoms with Crippen LogP contribution in [0, 0.1) is 0 Å². The summed E-state index contributed by atoms with van der Waals surface area (Å²) in [6.45, 7) is 3.92. The van der Waals surface area contributed by atoms with Gasteiger partial charge in [-0.3, -0.25) is 9.69 Å². The molecule has 0 aromatic carbocycles. The molecule has 2 N–H and O–H groups in total. The Bertz CT molecular complexity index is 392. The molecule has 2 saturated heterocycles. The highest BCUT2D eigenvalue weighted by molar-refractivity contribution is 6.07. The summed E-state index contributed by atoms with van der Waals surface area (Å²) >= 11 is 0. The predicted molar refractivity (Wildman–Crippen MR) is 78.9 cm³/mol. The Morgan fingerprint density at radius 3 is 2.48 bits per heavy atom. The van der Waals surface area contributed by atoms with Gasteiger partial charge in [0.2, 0.25) is 0 Å². The Morgan fingerprint density at radius 2 is 1.90 bits per heavy atom. The number of rotatable bonds is 6. The van der Waals surface area contributed by atoms with Crippen molar-refractivity contribution in [3.63, 3.8) is 0 Å². The molecule has 120 valence electrons. The number of urea groups is 1. The summed E-state index contributed by atoms with van der Waals surface area (Å²) in [5, 5.41) is 11.7. The maximum atomic E-state index is 12.5. The molecule has 0 bridgehead atoms. The predicted octanol–water partition coefficient (Wildman–Crippen LogP) is -0.683. The minimum atomic E-state index is -0.707. The first-order valence-electron chi connectivity index (χ1n) is 7.60. The van der Waals surface area contributed by atoms with Crippen LogP contribution >= 0.6 is 0 Å². The molecule has 3 amide bonds. The molecule has 0 unspecified atom stereocenters. The van der Waals surface area contributed by atoms with E-state index in [0.29, 0.717) is 25.8 Å². The number of nitrogens with one attached hydrogen (secondary N) is 1. The number of amides is 3. The fourth-order valence-electron chi connectivity index (χ4n) is 2.95. The van der Waals surface area contributed by atoms with Crippen molar-refractivity contribution in [1.29, 1.82) is 0 Å². The van der Waals surface area contributed by atoms with Gasteiger partial charge in [0.25, 0.3) is 5.91 Å². The van der Waals surface area contributed by atoms with E-state index in [2.05, 4.69) is 15.1 Å². The van der Waals surface area contributed by atoms with Crippen LogP contribution in [0.4, 0.5) is 4.79 Å². The summed E-state index contributed by atoms with van der Waals surface area (Å²) in [6, 6.07) is -0.310. The lowest BCUT2D eigenvalue weighted by Crippen LogP contribution is -2.55. The number of imide groups is 1. The average Bonchev–Trinajstić information content (AvgIpc) is 2.68.